The molecule has 0 aliphatic carbocycles. The number of sulfonamides is 1. The minimum Gasteiger partial charge on any atom is -0.379 e. The topological polar surface area (TPSA) is 71.5 Å². The molecule has 0 spiro atoms. The van der Waals surface area contributed by atoms with Gasteiger partial charge in [-0.15, -0.1) is 0 Å². The predicted octanol–water partition coefficient (Wildman–Crippen LogP) is 1.54. The SMILES string of the molecule is Cc1cnc2c(S(=O)(=O)NC[C@@H](C)N3CCOCC3)cccc2c1. The van der Waals surface area contributed by atoms with Gasteiger partial charge in [0.05, 0.1) is 18.7 Å². The standard InChI is InChI=1S/C17H23N3O3S/c1-13-10-15-4-3-5-16(17(15)18-11-13)24(21,22)19-12-14(2)20-6-8-23-9-7-20/h3-5,10-11,14,19H,6-9,12H2,1-2H3/t14-/m1/s1. The lowest BCUT2D eigenvalue weighted by Crippen LogP contribution is -2.47. The van der Waals surface area contributed by atoms with Gasteiger partial charge in [0.2, 0.25) is 10.0 Å². The number of fused-ring (bicyclic) bond motifs is 1. The molecule has 1 aromatic carbocycles. The Labute approximate surface area is 142 Å². The van der Waals surface area contributed by atoms with Gasteiger partial charge in [0.15, 0.2) is 0 Å². The summed E-state index contributed by atoms with van der Waals surface area (Å²) in [5.41, 5.74) is 1.51. The lowest BCUT2D eigenvalue weighted by atomic mass is 10.2. The van der Waals surface area contributed by atoms with Gasteiger partial charge in [0.1, 0.15) is 4.90 Å². The molecule has 0 bridgehead atoms. The van der Waals surface area contributed by atoms with Crippen LogP contribution in [0.1, 0.15) is 12.5 Å². The molecular weight excluding hydrogens is 326 g/mol. The van der Waals surface area contributed by atoms with Crippen molar-refractivity contribution in [2.24, 2.45) is 0 Å². The summed E-state index contributed by atoms with van der Waals surface area (Å²) in [5.74, 6) is 0. The summed E-state index contributed by atoms with van der Waals surface area (Å²) in [4.78, 5) is 6.78. The molecule has 2 heterocycles. The molecule has 0 saturated carbocycles. The quantitative estimate of drug-likeness (QED) is 0.887. The number of ether oxygens (including phenoxy) is 1. The van der Waals surface area contributed by atoms with Gasteiger partial charge in [-0.05, 0) is 31.5 Å². The Kier molecular flexibility index (Phi) is 5.15. The molecule has 1 aliphatic rings. The van der Waals surface area contributed by atoms with E-state index < -0.39 is 10.0 Å². The van der Waals surface area contributed by atoms with E-state index in [0.717, 1.165) is 24.0 Å². The van der Waals surface area contributed by atoms with Gasteiger partial charge < -0.3 is 4.74 Å². The van der Waals surface area contributed by atoms with Crippen LogP contribution in [0.25, 0.3) is 10.9 Å². The normalized spacial score (nSPS) is 17.9. The zero-order valence-corrected chi connectivity index (χ0v) is 14.8. The fourth-order valence-electron chi connectivity index (χ4n) is 2.92. The maximum atomic E-state index is 12.7. The number of hydrogen-bond donors (Lipinski definition) is 1. The van der Waals surface area contributed by atoms with Crippen LogP contribution >= 0.6 is 0 Å². The van der Waals surface area contributed by atoms with Gasteiger partial charge in [0, 0.05) is 37.3 Å². The summed E-state index contributed by atoms with van der Waals surface area (Å²) < 4.78 is 33.5. The average Bonchev–Trinajstić information content (AvgIpc) is 2.59. The summed E-state index contributed by atoms with van der Waals surface area (Å²) >= 11 is 0. The van der Waals surface area contributed by atoms with Crippen LogP contribution in [0.5, 0.6) is 0 Å². The van der Waals surface area contributed by atoms with Crippen LogP contribution in [0, 0.1) is 6.92 Å². The van der Waals surface area contributed by atoms with Crippen molar-refractivity contribution in [1.29, 1.82) is 0 Å². The molecule has 7 heteroatoms. The van der Waals surface area contributed by atoms with E-state index in [-0.39, 0.29) is 10.9 Å². The molecule has 0 unspecified atom stereocenters. The molecule has 130 valence electrons. The Bertz CT molecular complexity index is 817. The number of nitrogens with one attached hydrogen (secondary N) is 1. The van der Waals surface area contributed by atoms with Gasteiger partial charge in [0.25, 0.3) is 0 Å². The average molecular weight is 349 g/mol. The first-order valence-corrected chi connectivity index (χ1v) is 9.62. The summed E-state index contributed by atoms with van der Waals surface area (Å²) in [6.45, 7) is 7.39. The van der Waals surface area contributed by atoms with Crippen LogP contribution < -0.4 is 4.72 Å². The van der Waals surface area contributed by atoms with Crippen LogP contribution in [0.4, 0.5) is 0 Å². The van der Waals surface area contributed by atoms with Crippen molar-refractivity contribution in [1.82, 2.24) is 14.6 Å². The van der Waals surface area contributed by atoms with E-state index in [4.69, 9.17) is 4.74 Å². The first kappa shape index (κ1) is 17.3. The highest BCUT2D eigenvalue weighted by atomic mass is 32.2. The Balaban J connectivity index is 1.78. The molecule has 6 nitrogen and oxygen atoms in total. The summed E-state index contributed by atoms with van der Waals surface area (Å²) in [5, 5.41) is 0.833. The zero-order chi connectivity index (χ0) is 17.2. The summed E-state index contributed by atoms with van der Waals surface area (Å²) in [6.07, 6.45) is 1.69. The van der Waals surface area contributed by atoms with Crippen LogP contribution in [0.15, 0.2) is 35.4 Å². The molecular formula is C17H23N3O3S. The number of pyridine rings is 1. The lowest BCUT2D eigenvalue weighted by Gasteiger charge is -2.32. The smallest absolute Gasteiger partial charge is 0.242 e. The number of aryl methyl sites for hydroxylation is 1. The minimum atomic E-state index is -3.60. The Morgan fingerprint density at radius 2 is 2.08 bits per heavy atom. The Hall–Kier alpha value is -1.54. The highest BCUT2D eigenvalue weighted by molar-refractivity contribution is 7.89. The molecule has 1 N–H and O–H groups in total. The first-order valence-electron chi connectivity index (χ1n) is 8.14. The van der Waals surface area contributed by atoms with E-state index in [1.165, 1.54) is 0 Å². The van der Waals surface area contributed by atoms with E-state index in [2.05, 4.69) is 14.6 Å². The minimum absolute atomic E-state index is 0.119. The Morgan fingerprint density at radius 3 is 2.83 bits per heavy atom. The van der Waals surface area contributed by atoms with E-state index in [1.807, 2.05) is 26.0 Å². The molecule has 0 amide bonds. The number of aromatic nitrogens is 1. The van der Waals surface area contributed by atoms with Crippen molar-refractivity contribution in [3.8, 4) is 0 Å². The monoisotopic (exact) mass is 349 g/mol. The number of para-hydroxylation sites is 1. The number of rotatable bonds is 5. The zero-order valence-electron chi connectivity index (χ0n) is 14.0. The van der Waals surface area contributed by atoms with Gasteiger partial charge in [-0.1, -0.05) is 12.1 Å². The molecule has 1 atom stereocenters. The van der Waals surface area contributed by atoms with Crippen molar-refractivity contribution in [2.75, 3.05) is 32.8 Å². The highest BCUT2D eigenvalue weighted by Crippen LogP contribution is 2.21. The van der Waals surface area contributed by atoms with Crippen molar-refractivity contribution < 1.29 is 13.2 Å². The molecule has 3 rings (SSSR count). The first-order chi connectivity index (χ1) is 11.5. The van der Waals surface area contributed by atoms with Crippen molar-refractivity contribution in [3.05, 3.63) is 36.0 Å². The molecule has 24 heavy (non-hydrogen) atoms. The fraction of sp³-hybridized carbons (Fsp3) is 0.471. The van der Waals surface area contributed by atoms with Gasteiger partial charge in [-0.2, -0.15) is 0 Å². The van der Waals surface area contributed by atoms with Gasteiger partial charge >= 0.3 is 0 Å². The van der Waals surface area contributed by atoms with E-state index in [9.17, 15) is 8.42 Å². The summed E-state index contributed by atoms with van der Waals surface area (Å²) in [7, 11) is -3.60. The van der Waals surface area contributed by atoms with E-state index in [1.54, 1.807) is 18.3 Å². The molecule has 1 aromatic heterocycles. The third-order valence-corrected chi connectivity index (χ3v) is 5.79. The maximum Gasteiger partial charge on any atom is 0.242 e. The highest BCUT2D eigenvalue weighted by Gasteiger charge is 2.22. The predicted molar refractivity (Wildman–Crippen MR) is 93.5 cm³/mol. The fourth-order valence-corrected chi connectivity index (χ4v) is 4.21. The van der Waals surface area contributed by atoms with Gasteiger partial charge in [-0.3, -0.25) is 9.88 Å². The third-order valence-electron chi connectivity index (χ3n) is 4.34. The van der Waals surface area contributed by atoms with Crippen LogP contribution in [-0.4, -0.2) is 57.2 Å². The van der Waals surface area contributed by atoms with E-state index in [0.29, 0.717) is 25.3 Å². The summed E-state index contributed by atoms with van der Waals surface area (Å²) in [6, 6.07) is 7.30. The maximum absolute atomic E-state index is 12.7. The second-order valence-corrected chi connectivity index (χ2v) is 7.93. The third kappa shape index (κ3) is 3.75. The number of nitrogens with zero attached hydrogens (tertiary/aromatic N) is 2. The second-order valence-electron chi connectivity index (χ2n) is 6.19. The number of hydrogen-bond acceptors (Lipinski definition) is 5. The molecule has 0 radical (unpaired) electrons. The van der Waals surface area contributed by atoms with Crippen LogP contribution in [0.2, 0.25) is 0 Å². The molecule has 1 aliphatic heterocycles. The lowest BCUT2D eigenvalue weighted by molar-refractivity contribution is 0.0213. The van der Waals surface area contributed by atoms with Crippen LogP contribution in [-0.2, 0) is 14.8 Å². The molecule has 1 saturated heterocycles. The van der Waals surface area contributed by atoms with Crippen molar-refractivity contribution in [2.45, 2.75) is 24.8 Å². The molecule has 2 aromatic rings. The second kappa shape index (κ2) is 7.14. The van der Waals surface area contributed by atoms with Crippen LogP contribution in [0.3, 0.4) is 0 Å². The Morgan fingerprint density at radius 1 is 1.33 bits per heavy atom. The van der Waals surface area contributed by atoms with Gasteiger partial charge in [-0.25, -0.2) is 13.1 Å². The van der Waals surface area contributed by atoms with Crippen molar-refractivity contribution in [3.63, 3.8) is 0 Å². The number of morpholine rings is 1. The largest absolute Gasteiger partial charge is 0.379 e. The number of benzene rings is 1. The van der Waals surface area contributed by atoms with Crippen molar-refractivity contribution >= 4 is 20.9 Å². The molecule has 1 fully saturated rings. The van der Waals surface area contributed by atoms with E-state index >= 15 is 0 Å².